The minimum atomic E-state index is -0.737. The second kappa shape index (κ2) is 5.75. The monoisotopic (exact) mass is 302 g/mol. The van der Waals surface area contributed by atoms with Crippen LogP contribution in [-0.4, -0.2) is 38.0 Å². The van der Waals surface area contributed by atoms with Gasteiger partial charge in [-0.3, -0.25) is 9.59 Å². The number of carboxylic acid groups (broad SMARTS) is 1. The van der Waals surface area contributed by atoms with Crippen LogP contribution >= 0.6 is 0 Å². The van der Waals surface area contributed by atoms with Crippen molar-refractivity contribution >= 4 is 22.9 Å². The van der Waals surface area contributed by atoms with E-state index in [1.165, 1.54) is 0 Å². The van der Waals surface area contributed by atoms with E-state index >= 15 is 0 Å². The van der Waals surface area contributed by atoms with Gasteiger partial charge in [0.2, 0.25) is 0 Å². The Hall–Kier alpha value is -2.44. The lowest BCUT2D eigenvalue weighted by Gasteiger charge is -2.26. The van der Waals surface area contributed by atoms with Crippen LogP contribution in [0.3, 0.4) is 0 Å². The molecule has 3 rings (SSSR count). The van der Waals surface area contributed by atoms with E-state index in [1.807, 2.05) is 0 Å². The number of hydrogen-bond donors (Lipinski definition) is 2. The molecule has 0 radical (unpaired) electrons. The van der Waals surface area contributed by atoms with Gasteiger partial charge in [0.05, 0.1) is 11.4 Å². The van der Waals surface area contributed by atoms with Gasteiger partial charge in [0.15, 0.2) is 0 Å². The number of rotatable bonds is 3. The summed E-state index contributed by atoms with van der Waals surface area (Å²) in [5.41, 5.74) is 2.13. The Bertz CT molecular complexity index is 717. The molecule has 0 bridgehead atoms. The SMILES string of the molecule is Cn1nnc2ccc(C(=O)NC3CCC(C(=O)O)CC3)cc21. The first-order valence-electron chi connectivity index (χ1n) is 7.37. The molecule has 1 amide bonds. The Kier molecular flexibility index (Phi) is 3.79. The fourth-order valence-electron chi connectivity index (χ4n) is 2.93. The molecule has 1 aliphatic carbocycles. The highest BCUT2D eigenvalue weighted by atomic mass is 16.4. The van der Waals surface area contributed by atoms with Gasteiger partial charge in [0, 0.05) is 18.7 Å². The van der Waals surface area contributed by atoms with E-state index in [0.717, 1.165) is 11.0 Å². The highest BCUT2D eigenvalue weighted by Gasteiger charge is 2.26. The number of aryl methyl sites for hydroxylation is 1. The first-order valence-corrected chi connectivity index (χ1v) is 7.37. The van der Waals surface area contributed by atoms with Crippen molar-refractivity contribution < 1.29 is 14.7 Å². The lowest BCUT2D eigenvalue weighted by Crippen LogP contribution is -2.38. The van der Waals surface area contributed by atoms with E-state index < -0.39 is 5.97 Å². The molecule has 22 heavy (non-hydrogen) atoms. The summed E-state index contributed by atoms with van der Waals surface area (Å²) in [5, 5.41) is 19.9. The Morgan fingerprint density at radius 2 is 2.00 bits per heavy atom. The van der Waals surface area contributed by atoms with Crippen molar-refractivity contribution in [3.8, 4) is 0 Å². The third-order valence-electron chi connectivity index (χ3n) is 4.28. The van der Waals surface area contributed by atoms with Crippen LogP contribution < -0.4 is 5.32 Å². The Balaban J connectivity index is 1.66. The second-order valence-electron chi connectivity index (χ2n) is 5.78. The van der Waals surface area contributed by atoms with Crippen LogP contribution in [0.25, 0.3) is 11.0 Å². The number of benzene rings is 1. The highest BCUT2D eigenvalue weighted by Crippen LogP contribution is 2.24. The summed E-state index contributed by atoms with van der Waals surface area (Å²) in [4.78, 5) is 23.3. The van der Waals surface area contributed by atoms with Crippen molar-refractivity contribution in [3.63, 3.8) is 0 Å². The maximum atomic E-state index is 12.3. The third kappa shape index (κ3) is 2.79. The molecule has 116 valence electrons. The van der Waals surface area contributed by atoms with Crippen molar-refractivity contribution in [2.45, 2.75) is 31.7 Å². The molecular weight excluding hydrogens is 284 g/mol. The molecule has 7 heteroatoms. The molecule has 2 aromatic rings. The molecule has 0 saturated heterocycles. The number of aliphatic carboxylic acids is 1. The summed E-state index contributed by atoms with van der Waals surface area (Å²) in [6, 6.07) is 5.32. The maximum Gasteiger partial charge on any atom is 0.306 e. The molecule has 7 nitrogen and oxygen atoms in total. The number of hydrogen-bond acceptors (Lipinski definition) is 4. The van der Waals surface area contributed by atoms with Crippen LogP contribution in [0.2, 0.25) is 0 Å². The van der Waals surface area contributed by atoms with Gasteiger partial charge in [-0.1, -0.05) is 5.21 Å². The molecule has 1 heterocycles. The normalized spacial score (nSPS) is 21.7. The predicted octanol–water partition coefficient (Wildman–Crippen LogP) is 1.34. The third-order valence-corrected chi connectivity index (χ3v) is 4.28. The Morgan fingerprint density at radius 1 is 1.27 bits per heavy atom. The van der Waals surface area contributed by atoms with Gasteiger partial charge in [0.1, 0.15) is 5.52 Å². The van der Waals surface area contributed by atoms with E-state index in [-0.39, 0.29) is 17.9 Å². The first-order chi connectivity index (χ1) is 10.5. The highest BCUT2D eigenvalue weighted by molar-refractivity contribution is 5.97. The molecule has 0 atom stereocenters. The van der Waals surface area contributed by atoms with Crippen molar-refractivity contribution in [3.05, 3.63) is 23.8 Å². The number of aromatic nitrogens is 3. The second-order valence-corrected chi connectivity index (χ2v) is 5.78. The molecule has 1 aliphatic rings. The number of fused-ring (bicyclic) bond motifs is 1. The van der Waals surface area contributed by atoms with Gasteiger partial charge in [-0.2, -0.15) is 0 Å². The fraction of sp³-hybridized carbons (Fsp3) is 0.467. The van der Waals surface area contributed by atoms with Gasteiger partial charge >= 0.3 is 5.97 Å². The summed E-state index contributed by atoms with van der Waals surface area (Å²) in [7, 11) is 1.78. The summed E-state index contributed by atoms with van der Waals surface area (Å²) in [6.07, 6.45) is 2.65. The number of carboxylic acids is 1. The van der Waals surface area contributed by atoms with Gasteiger partial charge in [0.25, 0.3) is 5.91 Å². The Labute approximate surface area is 127 Å². The zero-order valence-electron chi connectivity index (χ0n) is 12.3. The summed E-state index contributed by atoms with van der Waals surface area (Å²) in [5.74, 6) is -1.15. The van der Waals surface area contributed by atoms with Crippen LogP contribution in [0.1, 0.15) is 36.0 Å². The maximum absolute atomic E-state index is 12.3. The number of carbonyl (C=O) groups excluding carboxylic acids is 1. The number of carbonyl (C=O) groups is 2. The number of nitrogens with zero attached hydrogens (tertiary/aromatic N) is 3. The molecule has 0 unspecified atom stereocenters. The molecule has 0 spiro atoms. The lowest BCUT2D eigenvalue weighted by molar-refractivity contribution is -0.142. The van der Waals surface area contributed by atoms with E-state index in [0.29, 0.717) is 31.2 Å². The van der Waals surface area contributed by atoms with Crippen LogP contribution in [0.5, 0.6) is 0 Å². The molecule has 1 saturated carbocycles. The zero-order chi connectivity index (χ0) is 15.7. The van der Waals surface area contributed by atoms with Crippen molar-refractivity contribution in [1.82, 2.24) is 20.3 Å². The lowest BCUT2D eigenvalue weighted by atomic mass is 9.86. The molecule has 2 N–H and O–H groups in total. The van der Waals surface area contributed by atoms with Gasteiger partial charge in [-0.05, 0) is 43.9 Å². The predicted molar refractivity (Wildman–Crippen MR) is 79.4 cm³/mol. The van der Waals surface area contributed by atoms with E-state index in [4.69, 9.17) is 5.11 Å². The van der Waals surface area contributed by atoms with Gasteiger partial charge < -0.3 is 10.4 Å². The molecule has 0 aliphatic heterocycles. The minimum absolute atomic E-state index is 0.0449. The topological polar surface area (TPSA) is 97.1 Å². The zero-order valence-corrected chi connectivity index (χ0v) is 12.3. The van der Waals surface area contributed by atoms with Gasteiger partial charge in [-0.15, -0.1) is 5.10 Å². The van der Waals surface area contributed by atoms with Crippen LogP contribution in [0, 0.1) is 5.92 Å². The average molecular weight is 302 g/mol. The van der Waals surface area contributed by atoms with Crippen molar-refractivity contribution in [1.29, 1.82) is 0 Å². The number of nitrogens with one attached hydrogen (secondary N) is 1. The largest absolute Gasteiger partial charge is 0.481 e. The van der Waals surface area contributed by atoms with Crippen molar-refractivity contribution in [2.75, 3.05) is 0 Å². The summed E-state index contributed by atoms with van der Waals surface area (Å²) >= 11 is 0. The Morgan fingerprint density at radius 3 is 2.68 bits per heavy atom. The smallest absolute Gasteiger partial charge is 0.306 e. The fourth-order valence-corrected chi connectivity index (χ4v) is 2.93. The molecule has 1 aromatic carbocycles. The molecular formula is C15H18N4O3. The first kappa shape index (κ1) is 14.5. The van der Waals surface area contributed by atoms with Crippen LogP contribution in [0.4, 0.5) is 0 Å². The average Bonchev–Trinajstić information content (AvgIpc) is 2.88. The summed E-state index contributed by atoms with van der Waals surface area (Å²) in [6.45, 7) is 0. The molecule has 1 fully saturated rings. The quantitative estimate of drug-likeness (QED) is 0.891. The van der Waals surface area contributed by atoms with Crippen LogP contribution in [0.15, 0.2) is 18.2 Å². The van der Waals surface area contributed by atoms with E-state index in [2.05, 4.69) is 15.6 Å². The summed E-state index contributed by atoms with van der Waals surface area (Å²) < 4.78 is 1.63. The van der Waals surface area contributed by atoms with E-state index in [9.17, 15) is 9.59 Å². The van der Waals surface area contributed by atoms with Gasteiger partial charge in [-0.25, -0.2) is 4.68 Å². The number of amides is 1. The van der Waals surface area contributed by atoms with E-state index in [1.54, 1.807) is 29.9 Å². The van der Waals surface area contributed by atoms with Crippen molar-refractivity contribution in [2.24, 2.45) is 13.0 Å². The standard InChI is InChI=1S/C15H18N4O3/c1-19-13-8-10(4-7-12(13)17-18-19)14(20)16-11-5-2-9(3-6-11)15(21)22/h4,7-9,11H,2-3,5-6H2,1H3,(H,16,20)(H,21,22). The minimum Gasteiger partial charge on any atom is -0.481 e. The molecule has 1 aromatic heterocycles. The van der Waals surface area contributed by atoms with Crippen LogP contribution in [-0.2, 0) is 11.8 Å².